The van der Waals surface area contributed by atoms with Gasteiger partial charge < -0.3 is 9.64 Å². The molecule has 190 valence electrons. The van der Waals surface area contributed by atoms with Gasteiger partial charge in [-0.15, -0.1) is 0 Å². The monoisotopic (exact) mass is 515 g/mol. The Morgan fingerprint density at radius 3 is 2.41 bits per heavy atom. The van der Waals surface area contributed by atoms with Crippen LogP contribution in [0.2, 0.25) is 0 Å². The summed E-state index contributed by atoms with van der Waals surface area (Å²) in [6.07, 6.45) is 0. The zero-order valence-electron chi connectivity index (χ0n) is 21.8. The van der Waals surface area contributed by atoms with E-state index in [1.54, 1.807) is 25.8 Å². The van der Waals surface area contributed by atoms with Crippen LogP contribution in [-0.2, 0) is 19.7 Å². The third-order valence-corrected chi connectivity index (χ3v) is 7.92. The van der Waals surface area contributed by atoms with E-state index in [4.69, 9.17) is 4.74 Å². The van der Waals surface area contributed by atoms with E-state index in [1.807, 2.05) is 48.5 Å². The first-order chi connectivity index (χ1) is 17.5. The molecule has 7 nitrogen and oxygen atoms in total. The number of hydrogen-bond acceptors (Lipinski definition) is 6. The Balaban J connectivity index is 1.80. The standard InChI is InChI=1S/C29H29N3O4S/c1-7-36-27(35)21-16(2)30-28-32(23(21)17-12-14-18(15-13-17)29(3,4)5)26(34)24(37-28)22-19-10-8-9-11-20(19)31(6)25(22)33/h8-15,23H,7H2,1-6H3/t23-/m0/s1. The number of benzene rings is 2. The topological polar surface area (TPSA) is 81.0 Å². The lowest BCUT2D eigenvalue weighted by atomic mass is 9.85. The lowest BCUT2D eigenvalue weighted by Gasteiger charge is -2.26. The quantitative estimate of drug-likeness (QED) is 0.501. The minimum Gasteiger partial charge on any atom is -0.463 e. The molecular formula is C29H29N3O4S. The van der Waals surface area contributed by atoms with Crippen molar-refractivity contribution in [3.05, 3.63) is 96.2 Å². The maximum atomic E-state index is 14.1. The first-order valence-electron chi connectivity index (χ1n) is 12.2. The number of amides is 1. The molecule has 2 aromatic carbocycles. The molecule has 1 aromatic heterocycles. The smallest absolute Gasteiger partial charge is 0.338 e. The van der Waals surface area contributed by atoms with Gasteiger partial charge in [0.05, 0.1) is 35.2 Å². The molecule has 1 amide bonds. The van der Waals surface area contributed by atoms with Crippen LogP contribution >= 0.6 is 11.3 Å². The number of anilines is 1. The summed E-state index contributed by atoms with van der Waals surface area (Å²) in [5.41, 5.74) is 4.17. The van der Waals surface area contributed by atoms with Crippen LogP contribution in [0.4, 0.5) is 5.69 Å². The molecule has 2 aliphatic rings. The van der Waals surface area contributed by atoms with Crippen LogP contribution in [0, 0.1) is 0 Å². The molecule has 1 atom stereocenters. The predicted molar refractivity (Wildman–Crippen MR) is 144 cm³/mol. The van der Waals surface area contributed by atoms with Gasteiger partial charge in [0.2, 0.25) is 0 Å². The van der Waals surface area contributed by atoms with Crippen molar-refractivity contribution in [2.75, 3.05) is 18.6 Å². The van der Waals surface area contributed by atoms with Gasteiger partial charge >= 0.3 is 5.97 Å². The summed E-state index contributed by atoms with van der Waals surface area (Å²) >= 11 is 1.18. The van der Waals surface area contributed by atoms with Crippen LogP contribution in [-0.4, -0.2) is 30.1 Å². The average Bonchev–Trinajstić information content (AvgIpc) is 3.30. The Hall–Kier alpha value is -3.78. The maximum absolute atomic E-state index is 14.1. The van der Waals surface area contributed by atoms with Gasteiger partial charge in [0, 0.05) is 12.6 Å². The molecule has 0 saturated carbocycles. The summed E-state index contributed by atoms with van der Waals surface area (Å²) < 4.78 is 7.23. The second-order valence-electron chi connectivity index (χ2n) is 10.3. The van der Waals surface area contributed by atoms with Crippen molar-refractivity contribution < 1.29 is 14.3 Å². The van der Waals surface area contributed by atoms with Gasteiger partial charge in [0.15, 0.2) is 4.80 Å². The van der Waals surface area contributed by atoms with Gasteiger partial charge in [-0.3, -0.25) is 14.2 Å². The number of likely N-dealkylation sites (N-methyl/N-ethyl adjacent to an activating group) is 1. The molecule has 8 heteroatoms. The van der Waals surface area contributed by atoms with E-state index in [9.17, 15) is 14.4 Å². The van der Waals surface area contributed by atoms with Crippen molar-refractivity contribution in [2.45, 2.75) is 46.1 Å². The van der Waals surface area contributed by atoms with Crippen molar-refractivity contribution in [3.63, 3.8) is 0 Å². The molecule has 0 radical (unpaired) electrons. The molecule has 0 saturated heterocycles. The molecule has 37 heavy (non-hydrogen) atoms. The van der Waals surface area contributed by atoms with Crippen LogP contribution in [0.1, 0.15) is 57.4 Å². The lowest BCUT2D eigenvalue weighted by Crippen LogP contribution is -2.40. The molecule has 3 aromatic rings. The van der Waals surface area contributed by atoms with Gasteiger partial charge in [-0.25, -0.2) is 9.79 Å². The Labute approximate surface area is 219 Å². The van der Waals surface area contributed by atoms with E-state index in [0.717, 1.165) is 16.8 Å². The third-order valence-electron chi connectivity index (χ3n) is 6.87. The minimum atomic E-state index is -0.719. The van der Waals surface area contributed by atoms with Crippen LogP contribution in [0.15, 0.2) is 69.6 Å². The van der Waals surface area contributed by atoms with E-state index in [2.05, 4.69) is 25.8 Å². The highest BCUT2D eigenvalue weighted by Gasteiger charge is 2.36. The average molecular weight is 516 g/mol. The summed E-state index contributed by atoms with van der Waals surface area (Å²) in [6, 6.07) is 14.7. The van der Waals surface area contributed by atoms with Gasteiger partial charge in [-0.2, -0.15) is 0 Å². The summed E-state index contributed by atoms with van der Waals surface area (Å²) in [6.45, 7) is 10.1. The van der Waals surface area contributed by atoms with Crippen LogP contribution in [0.25, 0.3) is 5.57 Å². The van der Waals surface area contributed by atoms with E-state index in [-0.39, 0.29) is 23.5 Å². The maximum Gasteiger partial charge on any atom is 0.338 e. The van der Waals surface area contributed by atoms with Crippen molar-refractivity contribution in [3.8, 4) is 0 Å². The predicted octanol–water partition coefficient (Wildman–Crippen LogP) is 3.44. The molecule has 3 heterocycles. The highest BCUT2D eigenvalue weighted by atomic mass is 32.1. The van der Waals surface area contributed by atoms with Crippen molar-refractivity contribution >= 4 is 34.5 Å². The lowest BCUT2D eigenvalue weighted by molar-refractivity contribution is -0.139. The molecule has 0 fully saturated rings. The van der Waals surface area contributed by atoms with E-state index in [0.29, 0.717) is 31.7 Å². The number of fused-ring (bicyclic) bond motifs is 2. The number of nitrogens with zero attached hydrogens (tertiary/aromatic N) is 3. The van der Waals surface area contributed by atoms with E-state index < -0.39 is 12.0 Å². The fourth-order valence-electron chi connectivity index (χ4n) is 4.91. The molecule has 5 rings (SSSR count). The highest BCUT2D eigenvalue weighted by molar-refractivity contribution is 7.07. The van der Waals surface area contributed by atoms with E-state index >= 15 is 0 Å². The zero-order valence-corrected chi connectivity index (χ0v) is 22.6. The molecule has 0 unspecified atom stereocenters. The molecular weight excluding hydrogens is 486 g/mol. The number of esters is 1. The fraction of sp³-hybridized carbons (Fsp3) is 0.310. The largest absolute Gasteiger partial charge is 0.463 e. The van der Waals surface area contributed by atoms with Gasteiger partial charge in [0.1, 0.15) is 4.53 Å². The van der Waals surface area contributed by atoms with Crippen LogP contribution < -0.4 is 19.8 Å². The van der Waals surface area contributed by atoms with Gasteiger partial charge in [-0.1, -0.05) is 74.6 Å². The van der Waals surface area contributed by atoms with Gasteiger partial charge in [-0.05, 0) is 36.5 Å². The first-order valence-corrected chi connectivity index (χ1v) is 13.1. The number of ether oxygens (including phenoxy) is 1. The van der Waals surface area contributed by atoms with Crippen molar-refractivity contribution in [2.24, 2.45) is 4.99 Å². The van der Waals surface area contributed by atoms with Crippen LogP contribution in [0.5, 0.6) is 0 Å². The first kappa shape index (κ1) is 24.9. The van der Waals surface area contributed by atoms with Crippen molar-refractivity contribution in [1.29, 1.82) is 0 Å². The summed E-state index contributed by atoms with van der Waals surface area (Å²) in [4.78, 5) is 47.1. The summed E-state index contributed by atoms with van der Waals surface area (Å²) in [5, 5.41) is 0. The van der Waals surface area contributed by atoms with E-state index in [1.165, 1.54) is 15.9 Å². The number of para-hydroxylation sites is 1. The third kappa shape index (κ3) is 3.96. The number of aromatic nitrogens is 1. The summed E-state index contributed by atoms with van der Waals surface area (Å²) in [7, 11) is 1.70. The SMILES string of the molecule is CCOC(=O)C1=C(C)N=c2sc(=C3C(=O)N(C)c4ccccc43)c(=O)n2[C@H]1c1ccc(C(C)(C)C)cc1. The van der Waals surface area contributed by atoms with Crippen LogP contribution in [0.3, 0.4) is 0 Å². The Bertz CT molecular complexity index is 1650. The number of carbonyl (C=O) groups is 2. The number of thiazole rings is 1. The second kappa shape index (κ2) is 8.95. The minimum absolute atomic E-state index is 0.0490. The number of allylic oxidation sites excluding steroid dienone is 1. The molecule has 2 aliphatic heterocycles. The summed E-state index contributed by atoms with van der Waals surface area (Å²) in [5.74, 6) is -0.743. The second-order valence-corrected chi connectivity index (χ2v) is 11.2. The normalized spacial score (nSPS) is 18.5. The Kier molecular flexibility index (Phi) is 6.02. The molecule has 0 bridgehead atoms. The Morgan fingerprint density at radius 2 is 1.76 bits per heavy atom. The van der Waals surface area contributed by atoms with Crippen molar-refractivity contribution in [1.82, 2.24) is 4.57 Å². The molecule has 0 aliphatic carbocycles. The zero-order chi connectivity index (χ0) is 26.6. The molecule has 0 spiro atoms. The highest BCUT2D eigenvalue weighted by Crippen LogP contribution is 2.35. The fourth-order valence-corrected chi connectivity index (χ4v) is 6.05. The number of carbonyl (C=O) groups excluding carboxylic acids is 2. The molecule has 0 N–H and O–H groups in total. The Morgan fingerprint density at radius 1 is 1.08 bits per heavy atom. The number of rotatable bonds is 3. The number of hydrogen-bond donors (Lipinski definition) is 0. The van der Waals surface area contributed by atoms with Gasteiger partial charge in [0.25, 0.3) is 11.5 Å².